The van der Waals surface area contributed by atoms with Crippen LogP contribution in [0.5, 0.6) is 0 Å². The lowest BCUT2D eigenvalue weighted by Crippen LogP contribution is -2.32. The number of benzene rings is 1. The highest BCUT2D eigenvalue weighted by Crippen LogP contribution is 2.33. The number of amides is 1. The van der Waals surface area contributed by atoms with Crippen LogP contribution in [-0.4, -0.2) is 17.7 Å². The molecular weight excluding hydrogens is 178 g/mol. The van der Waals surface area contributed by atoms with E-state index in [1.165, 1.54) is 4.90 Å². The monoisotopic (exact) mass is 185 g/mol. The van der Waals surface area contributed by atoms with Crippen molar-refractivity contribution < 1.29 is 9.59 Å². The Labute approximate surface area is 80.6 Å². The van der Waals surface area contributed by atoms with Gasteiger partial charge in [0, 0.05) is 0 Å². The minimum Gasteiger partial charge on any atom is -0.294 e. The van der Waals surface area contributed by atoms with Gasteiger partial charge in [-0.3, -0.25) is 14.5 Å². The minimum atomic E-state index is -0.416. The van der Waals surface area contributed by atoms with Crippen LogP contribution in [0.2, 0.25) is 0 Å². The largest absolute Gasteiger partial charge is 0.300 e. The predicted molar refractivity (Wildman–Crippen MR) is 51.2 cm³/mol. The van der Waals surface area contributed by atoms with Gasteiger partial charge in [0.05, 0.1) is 17.3 Å². The summed E-state index contributed by atoms with van der Waals surface area (Å²) in [7, 11) is 0. The van der Waals surface area contributed by atoms with E-state index in [9.17, 15) is 9.59 Å². The highest BCUT2D eigenvalue weighted by molar-refractivity contribution is 6.52. The lowest BCUT2D eigenvalue weighted by Gasteiger charge is -2.14. The molecule has 0 bridgehead atoms. The number of carbonyl (C=O) groups excluding carboxylic acids is 2. The Morgan fingerprint density at radius 2 is 1.79 bits per heavy atom. The van der Waals surface area contributed by atoms with E-state index in [4.69, 9.17) is 0 Å². The van der Waals surface area contributed by atoms with Crippen LogP contribution < -0.4 is 4.90 Å². The summed E-state index contributed by atoms with van der Waals surface area (Å²) < 4.78 is 0. The van der Waals surface area contributed by atoms with Crippen molar-refractivity contribution in [1.82, 2.24) is 0 Å². The van der Waals surface area contributed by atoms with Crippen LogP contribution in [0.3, 0.4) is 0 Å². The Bertz CT molecular complexity index is 470. The molecule has 1 heterocycles. The van der Waals surface area contributed by atoms with Crippen molar-refractivity contribution in [3.63, 3.8) is 0 Å². The fraction of sp³-hybridized carbons (Fsp3) is 0.0909. The van der Waals surface area contributed by atoms with Crippen molar-refractivity contribution in [3.8, 4) is 0 Å². The van der Waals surface area contributed by atoms with E-state index in [0.717, 1.165) is 5.69 Å². The van der Waals surface area contributed by atoms with Crippen molar-refractivity contribution in [3.05, 3.63) is 42.0 Å². The average molecular weight is 185 g/mol. The lowest BCUT2D eigenvalue weighted by molar-refractivity contribution is -0.114. The molecule has 1 aromatic rings. The number of Topliss-reactive ketones (excluding diaryl/α,β-unsaturated/α-hetero) is 1. The SMILES string of the molecule is O=C1C(=O)N(C2C=C2)c2ccccc21. The number of hydrogen-bond donors (Lipinski definition) is 0. The fourth-order valence-electron chi connectivity index (χ4n) is 1.73. The molecule has 1 amide bonds. The number of anilines is 1. The lowest BCUT2D eigenvalue weighted by atomic mass is 10.1. The average Bonchev–Trinajstić information content (AvgIpc) is 2.99. The number of fused-ring (bicyclic) bond motifs is 1. The first-order valence-electron chi connectivity index (χ1n) is 4.44. The summed E-state index contributed by atoms with van der Waals surface area (Å²) >= 11 is 0. The maximum atomic E-state index is 11.6. The van der Waals surface area contributed by atoms with Gasteiger partial charge in [0.15, 0.2) is 0 Å². The summed E-state index contributed by atoms with van der Waals surface area (Å²) in [5.74, 6) is -0.810. The molecule has 0 aromatic heterocycles. The summed E-state index contributed by atoms with van der Waals surface area (Å²) in [6, 6.07) is 7.12. The first kappa shape index (κ1) is 7.50. The normalized spacial score (nSPS) is 19.0. The molecular formula is C11H7NO2. The van der Waals surface area contributed by atoms with E-state index < -0.39 is 11.7 Å². The Morgan fingerprint density at radius 3 is 2.50 bits per heavy atom. The Morgan fingerprint density at radius 1 is 1.07 bits per heavy atom. The fourth-order valence-corrected chi connectivity index (χ4v) is 1.73. The molecule has 0 spiro atoms. The number of rotatable bonds is 1. The van der Waals surface area contributed by atoms with Gasteiger partial charge < -0.3 is 0 Å². The maximum Gasteiger partial charge on any atom is 0.300 e. The molecule has 0 N–H and O–H groups in total. The number of carbonyl (C=O) groups is 2. The van der Waals surface area contributed by atoms with Gasteiger partial charge in [-0.15, -0.1) is 0 Å². The molecule has 1 aliphatic heterocycles. The second-order valence-electron chi connectivity index (χ2n) is 3.40. The number of hydrogen-bond acceptors (Lipinski definition) is 2. The second-order valence-corrected chi connectivity index (χ2v) is 3.40. The van der Waals surface area contributed by atoms with E-state index in [0.29, 0.717) is 5.56 Å². The zero-order chi connectivity index (χ0) is 9.71. The number of ketones is 1. The summed E-state index contributed by atoms with van der Waals surface area (Å²) in [5.41, 5.74) is 1.25. The van der Waals surface area contributed by atoms with Crippen LogP contribution >= 0.6 is 0 Å². The predicted octanol–water partition coefficient (Wildman–Crippen LogP) is 1.15. The van der Waals surface area contributed by atoms with Crippen LogP contribution in [0.1, 0.15) is 10.4 Å². The third kappa shape index (κ3) is 0.812. The molecule has 0 radical (unpaired) electrons. The van der Waals surface area contributed by atoms with Gasteiger partial charge in [0.25, 0.3) is 11.7 Å². The van der Waals surface area contributed by atoms with E-state index in [-0.39, 0.29) is 6.04 Å². The van der Waals surface area contributed by atoms with E-state index >= 15 is 0 Å². The number of para-hydroxylation sites is 1. The highest BCUT2D eigenvalue weighted by Gasteiger charge is 2.40. The van der Waals surface area contributed by atoms with Gasteiger partial charge in [0.2, 0.25) is 0 Å². The molecule has 1 aliphatic carbocycles. The molecule has 0 unspecified atom stereocenters. The minimum absolute atomic E-state index is 0.0232. The second kappa shape index (κ2) is 2.32. The summed E-state index contributed by atoms with van der Waals surface area (Å²) in [4.78, 5) is 24.6. The van der Waals surface area contributed by atoms with Crippen molar-refractivity contribution >= 4 is 17.4 Å². The van der Waals surface area contributed by atoms with Crippen LogP contribution in [0, 0.1) is 0 Å². The van der Waals surface area contributed by atoms with Gasteiger partial charge >= 0.3 is 0 Å². The highest BCUT2D eigenvalue weighted by atomic mass is 16.2. The first-order chi connectivity index (χ1) is 6.79. The standard InChI is InChI=1S/C11H7NO2/c13-10-8-3-1-2-4-9(8)12(11(10)14)7-5-6-7/h1-7H. The van der Waals surface area contributed by atoms with Gasteiger partial charge in [-0.1, -0.05) is 24.3 Å². The van der Waals surface area contributed by atoms with Crippen LogP contribution in [0.15, 0.2) is 36.4 Å². The van der Waals surface area contributed by atoms with Crippen LogP contribution in [0.25, 0.3) is 0 Å². The van der Waals surface area contributed by atoms with Crippen molar-refractivity contribution in [1.29, 1.82) is 0 Å². The molecule has 3 heteroatoms. The summed E-state index contributed by atoms with van der Waals surface area (Å²) in [6.45, 7) is 0. The van der Waals surface area contributed by atoms with Crippen molar-refractivity contribution in [2.75, 3.05) is 4.90 Å². The Kier molecular flexibility index (Phi) is 1.24. The topological polar surface area (TPSA) is 37.4 Å². The van der Waals surface area contributed by atoms with Crippen LogP contribution in [-0.2, 0) is 4.79 Å². The molecule has 1 aromatic carbocycles. The third-order valence-electron chi connectivity index (χ3n) is 2.48. The molecule has 0 saturated carbocycles. The number of nitrogens with zero attached hydrogens (tertiary/aromatic N) is 1. The van der Waals surface area contributed by atoms with Crippen LogP contribution in [0.4, 0.5) is 5.69 Å². The van der Waals surface area contributed by atoms with Crippen molar-refractivity contribution in [2.24, 2.45) is 0 Å². The summed E-state index contributed by atoms with van der Waals surface area (Å²) in [5, 5.41) is 0. The molecule has 0 fully saturated rings. The Hall–Kier alpha value is -1.90. The maximum absolute atomic E-state index is 11.6. The molecule has 14 heavy (non-hydrogen) atoms. The molecule has 3 rings (SSSR count). The molecule has 3 nitrogen and oxygen atoms in total. The van der Waals surface area contributed by atoms with E-state index in [2.05, 4.69) is 0 Å². The quantitative estimate of drug-likeness (QED) is 0.486. The van der Waals surface area contributed by atoms with Crippen molar-refractivity contribution in [2.45, 2.75) is 6.04 Å². The first-order valence-corrected chi connectivity index (χ1v) is 4.44. The Balaban J connectivity index is 2.17. The molecule has 68 valence electrons. The molecule has 2 aliphatic rings. The smallest absolute Gasteiger partial charge is 0.294 e. The van der Waals surface area contributed by atoms with Gasteiger partial charge in [-0.25, -0.2) is 0 Å². The zero-order valence-corrected chi connectivity index (χ0v) is 7.31. The summed E-state index contributed by atoms with van der Waals surface area (Å²) in [6.07, 6.45) is 3.79. The van der Waals surface area contributed by atoms with E-state index in [1.807, 2.05) is 18.2 Å². The van der Waals surface area contributed by atoms with Gasteiger partial charge in [-0.05, 0) is 12.1 Å². The van der Waals surface area contributed by atoms with E-state index in [1.54, 1.807) is 18.2 Å². The zero-order valence-electron chi connectivity index (χ0n) is 7.31. The molecule has 0 atom stereocenters. The third-order valence-corrected chi connectivity index (χ3v) is 2.48. The van der Waals surface area contributed by atoms with Gasteiger partial charge in [0.1, 0.15) is 0 Å². The van der Waals surface area contributed by atoms with Gasteiger partial charge in [-0.2, -0.15) is 0 Å². The molecule has 0 saturated heterocycles.